The second-order valence-electron chi connectivity index (χ2n) is 4.12. The monoisotopic (exact) mass is 324 g/mol. The van der Waals surface area contributed by atoms with E-state index in [1.54, 1.807) is 11.3 Å². The largest absolute Gasteiger partial charge is 0.353 e. The molecule has 0 spiro atoms. The van der Waals surface area contributed by atoms with Gasteiger partial charge in [0.25, 0.3) is 0 Å². The fourth-order valence-electron chi connectivity index (χ4n) is 2.05. The highest BCUT2D eigenvalue weighted by Gasteiger charge is 2.19. The first kappa shape index (κ1) is 11.9. The zero-order valence-corrected chi connectivity index (χ0v) is 12.2. The molecule has 18 heavy (non-hydrogen) atoms. The maximum absolute atomic E-state index is 4.44. The molecule has 3 rings (SSSR count). The third-order valence-electron chi connectivity index (χ3n) is 3.01. The van der Waals surface area contributed by atoms with Crippen LogP contribution in [0.4, 0.5) is 10.9 Å². The molecule has 1 fully saturated rings. The molecule has 1 aliphatic rings. The third-order valence-corrected chi connectivity index (χ3v) is 4.31. The van der Waals surface area contributed by atoms with Gasteiger partial charge in [0.05, 0.1) is 0 Å². The summed E-state index contributed by atoms with van der Waals surface area (Å²) in [6, 6.07) is 4.10. The van der Waals surface area contributed by atoms with Gasteiger partial charge in [-0.1, -0.05) is 0 Å². The van der Waals surface area contributed by atoms with Crippen LogP contribution in [-0.2, 0) is 0 Å². The van der Waals surface area contributed by atoms with Crippen molar-refractivity contribution in [3.05, 3.63) is 34.4 Å². The summed E-state index contributed by atoms with van der Waals surface area (Å²) in [4.78, 5) is 13.4. The van der Waals surface area contributed by atoms with Gasteiger partial charge in [0.2, 0.25) is 0 Å². The molecule has 3 heterocycles. The number of anilines is 2. The van der Waals surface area contributed by atoms with Crippen molar-refractivity contribution in [2.24, 2.45) is 0 Å². The lowest BCUT2D eigenvalue weighted by molar-refractivity contribution is 0.646. The van der Waals surface area contributed by atoms with E-state index in [2.05, 4.69) is 41.8 Å². The molecule has 0 saturated carbocycles. The summed E-state index contributed by atoms with van der Waals surface area (Å²) in [5.41, 5.74) is 0. The molecule has 0 radical (unpaired) electrons. The minimum atomic E-state index is 0.994. The first-order valence-corrected chi connectivity index (χ1v) is 7.51. The first-order chi connectivity index (χ1) is 8.83. The molecule has 0 amide bonds. The Morgan fingerprint density at radius 3 is 2.44 bits per heavy atom. The summed E-state index contributed by atoms with van der Waals surface area (Å²) < 4.78 is 1.02. The predicted octanol–water partition coefficient (Wildman–Crippen LogP) is 2.63. The van der Waals surface area contributed by atoms with Gasteiger partial charge < -0.3 is 9.80 Å². The van der Waals surface area contributed by atoms with Crippen LogP contribution >= 0.6 is 27.3 Å². The van der Waals surface area contributed by atoms with Gasteiger partial charge in [-0.15, -0.1) is 11.3 Å². The van der Waals surface area contributed by atoms with E-state index in [4.69, 9.17) is 0 Å². The van der Waals surface area contributed by atoms with E-state index in [1.165, 1.54) is 0 Å². The molecule has 0 N–H and O–H groups in total. The fourth-order valence-corrected chi connectivity index (χ4v) is 2.99. The molecule has 4 nitrogen and oxygen atoms in total. The number of rotatable bonds is 2. The lowest BCUT2D eigenvalue weighted by Crippen LogP contribution is -2.46. The van der Waals surface area contributed by atoms with Gasteiger partial charge in [0.1, 0.15) is 5.82 Å². The SMILES string of the molecule is Brc1ccc(N2CCN(c3nccs3)CC2)nc1. The van der Waals surface area contributed by atoms with E-state index in [-0.39, 0.29) is 0 Å². The van der Waals surface area contributed by atoms with E-state index in [1.807, 2.05) is 23.8 Å². The Labute approximate surface area is 118 Å². The van der Waals surface area contributed by atoms with E-state index in [9.17, 15) is 0 Å². The number of piperazine rings is 1. The molecule has 2 aromatic rings. The standard InChI is InChI=1S/C12H13BrN4S/c13-10-1-2-11(15-9-10)16-4-6-17(7-5-16)12-14-3-8-18-12/h1-3,8-9H,4-7H2. The lowest BCUT2D eigenvalue weighted by Gasteiger charge is -2.35. The third kappa shape index (κ3) is 2.49. The molecule has 0 aromatic carbocycles. The molecule has 1 aliphatic heterocycles. The first-order valence-electron chi connectivity index (χ1n) is 5.84. The Kier molecular flexibility index (Phi) is 3.47. The van der Waals surface area contributed by atoms with E-state index >= 15 is 0 Å². The van der Waals surface area contributed by atoms with Gasteiger partial charge in [0, 0.05) is 48.4 Å². The number of halogens is 1. The van der Waals surface area contributed by atoms with Crippen molar-refractivity contribution in [3.8, 4) is 0 Å². The quantitative estimate of drug-likeness (QED) is 0.850. The van der Waals surface area contributed by atoms with E-state index < -0.39 is 0 Å². The summed E-state index contributed by atoms with van der Waals surface area (Å²) in [5, 5.41) is 3.15. The Balaban J connectivity index is 1.65. The Morgan fingerprint density at radius 2 is 1.83 bits per heavy atom. The highest BCUT2D eigenvalue weighted by Crippen LogP contribution is 2.21. The van der Waals surface area contributed by atoms with Gasteiger partial charge in [0.15, 0.2) is 5.13 Å². The number of hydrogen-bond acceptors (Lipinski definition) is 5. The molecule has 94 valence electrons. The maximum Gasteiger partial charge on any atom is 0.185 e. The van der Waals surface area contributed by atoms with Gasteiger partial charge in [-0.3, -0.25) is 0 Å². The van der Waals surface area contributed by atoms with Crippen molar-refractivity contribution in [1.82, 2.24) is 9.97 Å². The average molecular weight is 325 g/mol. The van der Waals surface area contributed by atoms with Crippen LogP contribution < -0.4 is 9.80 Å². The topological polar surface area (TPSA) is 32.3 Å². The Bertz CT molecular complexity index is 491. The number of nitrogens with zero attached hydrogens (tertiary/aromatic N) is 4. The maximum atomic E-state index is 4.44. The van der Waals surface area contributed by atoms with Crippen LogP contribution in [0.2, 0.25) is 0 Å². The van der Waals surface area contributed by atoms with E-state index in [0.717, 1.165) is 41.6 Å². The van der Waals surface area contributed by atoms with Crippen LogP contribution in [0.25, 0.3) is 0 Å². The summed E-state index contributed by atoms with van der Waals surface area (Å²) in [6.07, 6.45) is 3.71. The predicted molar refractivity (Wildman–Crippen MR) is 78.5 cm³/mol. The molecule has 2 aromatic heterocycles. The summed E-state index contributed by atoms with van der Waals surface area (Å²) in [5.74, 6) is 1.05. The molecule has 1 saturated heterocycles. The second-order valence-corrected chi connectivity index (χ2v) is 5.91. The van der Waals surface area contributed by atoms with Gasteiger partial charge >= 0.3 is 0 Å². The lowest BCUT2D eigenvalue weighted by atomic mass is 10.3. The molecule has 6 heteroatoms. The van der Waals surface area contributed by atoms with Crippen molar-refractivity contribution in [2.75, 3.05) is 36.0 Å². The number of hydrogen-bond donors (Lipinski definition) is 0. The van der Waals surface area contributed by atoms with Crippen LogP contribution in [0.3, 0.4) is 0 Å². The van der Waals surface area contributed by atoms with Gasteiger partial charge in [-0.05, 0) is 28.1 Å². The Hall–Kier alpha value is -1.14. The normalized spacial score (nSPS) is 16.1. The molecular formula is C12H13BrN4S. The van der Waals surface area contributed by atoms with Crippen LogP contribution in [0.1, 0.15) is 0 Å². The van der Waals surface area contributed by atoms with Crippen molar-refractivity contribution >= 4 is 38.2 Å². The summed E-state index contributed by atoms with van der Waals surface area (Å²) in [6.45, 7) is 4.00. The highest BCUT2D eigenvalue weighted by molar-refractivity contribution is 9.10. The smallest absolute Gasteiger partial charge is 0.185 e. The van der Waals surface area contributed by atoms with Crippen LogP contribution in [-0.4, -0.2) is 36.1 Å². The average Bonchev–Trinajstić information content (AvgIpc) is 2.94. The molecule has 0 atom stereocenters. The van der Waals surface area contributed by atoms with Crippen molar-refractivity contribution in [3.63, 3.8) is 0 Å². The van der Waals surface area contributed by atoms with Crippen LogP contribution in [0, 0.1) is 0 Å². The molecule has 0 unspecified atom stereocenters. The fraction of sp³-hybridized carbons (Fsp3) is 0.333. The summed E-state index contributed by atoms with van der Waals surface area (Å²) in [7, 11) is 0. The minimum absolute atomic E-state index is 0.994. The second kappa shape index (κ2) is 5.24. The van der Waals surface area contributed by atoms with Crippen molar-refractivity contribution in [1.29, 1.82) is 0 Å². The number of thiazole rings is 1. The van der Waals surface area contributed by atoms with Gasteiger partial charge in [-0.2, -0.15) is 0 Å². The van der Waals surface area contributed by atoms with Crippen LogP contribution in [0.15, 0.2) is 34.4 Å². The van der Waals surface area contributed by atoms with Gasteiger partial charge in [-0.25, -0.2) is 9.97 Å². The number of pyridine rings is 1. The van der Waals surface area contributed by atoms with Crippen molar-refractivity contribution in [2.45, 2.75) is 0 Å². The highest BCUT2D eigenvalue weighted by atomic mass is 79.9. The van der Waals surface area contributed by atoms with Crippen LogP contribution in [0.5, 0.6) is 0 Å². The van der Waals surface area contributed by atoms with Crippen molar-refractivity contribution < 1.29 is 0 Å². The zero-order chi connectivity index (χ0) is 12.4. The number of aromatic nitrogens is 2. The molecule has 0 bridgehead atoms. The molecule has 0 aliphatic carbocycles. The zero-order valence-electron chi connectivity index (χ0n) is 9.79. The Morgan fingerprint density at radius 1 is 1.06 bits per heavy atom. The molecular weight excluding hydrogens is 312 g/mol. The minimum Gasteiger partial charge on any atom is -0.353 e. The summed E-state index contributed by atoms with van der Waals surface area (Å²) >= 11 is 5.11. The van der Waals surface area contributed by atoms with E-state index in [0.29, 0.717) is 0 Å².